The van der Waals surface area contributed by atoms with E-state index in [4.69, 9.17) is 4.74 Å². The SMILES string of the molecule is CCCCC/C=C\C/C=C\CCCCCCCCOC(CCN(C)C)(Cc1ccccc1)C(=O)O. The van der Waals surface area contributed by atoms with Crippen LogP contribution < -0.4 is 0 Å². The van der Waals surface area contributed by atoms with Crippen LogP contribution in [0, 0.1) is 0 Å². The summed E-state index contributed by atoms with van der Waals surface area (Å²) in [6.07, 6.45) is 24.4. The number of hydrogen-bond acceptors (Lipinski definition) is 3. The summed E-state index contributed by atoms with van der Waals surface area (Å²) >= 11 is 0. The summed E-state index contributed by atoms with van der Waals surface area (Å²) in [5, 5.41) is 10.1. The molecule has 35 heavy (non-hydrogen) atoms. The molecule has 1 aromatic rings. The fourth-order valence-electron chi connectivity index (χ4n) is 4.14. The van der Waals surface area contributed by atoms with Crippen LogP contribution in [0.25, 0.3) is 0 Å². The maximum absolute atomic E-state index is 12.3. The summed E-state index contributed by atoms with van der Waals surface area (Å²) < 4.78 is 6.12. The first kappa shape index (κ1) is 31.1. The fraction of sp³-hybridized carbons (Fsp3) is 0.645. The van der Waals surface area contributed by atoms with E-state index in [0.29, 0.717) is 26.0 Å². The first-order chi connectivity index (χ1) is 17.0. The minimum absolute atomic E-state index is 0.402. The minimum Gasteiger partial charge on any atom is -0.479 e. The summed E-state index contributed by atoms with van der Waals surface area (Å²) in [5.41, 5.74) is -0.159. The fourth-order valence-corrected chi connectivity index (χ4v) is 4.14. The molecule has 0 heterocycles. The average molecular weight is 486 g/mol. The van der Waals surface area contributed by atoms with E-state index in [9.17, 15) is 9.90 Å². The number of hydrogen-bond donors (Lipinski definition) is 1. The number of allylic oxidation sites excluding steroid dienone is 4. The molecule has 0 spiro atoms. The highest BCUT2D eigenvalue weighted by Crippen LogP contribution is 2.24. The Morgan fingerprint density at radius 3 is 2.09 bits per heavy atom. The number of aliphatic carboxylic acids is 1. The van der Waals surface area contributed by atoms with Gasteiger partial charge in [0.2, 0.25) is 0 Å². The van der Waals surface area contributed by atoms with Gasteiger partial charge in [-0.2, -0.15) is 0 Å². The molecular formula is C31H51NO3. The topological polar surface area (TPSA) is 49.8 Å². The molecule has 0 aliphatic heterocycles. The maximum atomic E-state index is 12.3. The van der Waals surface area contributed by atoms with Crippen LogP contribution >= 0.6 is 0 Å². The van der Waals surface area contributed by atoms with Crippen LogP contribution in [-0.4, -0.2) is 48.8 Å². The summed E-state index contributed by atoms with van der Waals surface area (Å²) in [6.45, 7) is 3.43. The van der Waals surface area contributed by atoms with Gasteiger partial charge in [-0.15, -0.1) is 0 Å². The molecule has 0 aliphatic carbocycles. The van der Waals surface area contributed by atoms with Gasteiger partial charge in [-0.1, -0.05) is 100 Å². The van der Waals surface area contributed by atoms with Crippen molar-refractivity contribution in [2.45, 2.75) is 102 Å². The van der Waals surface area contributed by atoms with Crippen LogP contribution in [0.15, 0.2) is 54.6 Å². The van der Waals surface area contributed by atoms with Gasteiger partial charge in [-0.25, -0.2) is 4.79 Å². The Morgan fingerprint density at radius 1 is 0.886 bits per heavy atom. The van der Waals surface area contributed by atoms with Gasteiger partial charge in [0.15, 0.2) is 5.60 Å². The molecule has 1 unspecified atom stereocenters. The number of carbonyl (C=O) groups is 1. The Hall–Kier alpha value is -1.91. The van der Waals surface area contributed by atoms with E-state index in [0.717, 1.165) is 24.8 Å². The van der Waals surface area contributed by atoms with Crippen molar-refractivity contribution in [1.29, 1.82) is 0 Å². The highest BCUT2D eigenvalue weighted by atomic mass is 16.5. The molecular weight excluding hydrogens is 434 g/mol. The number of carboxylic acid groups (broad SMARTS) is 1. The van der Waals surface area contributed by atoms with Gasteiger partial charge in [-0.05, 0) is 58.2 Å². The van der Waals surface area contributed by atoms with Gasteiger partial charge < -0.3 is 14.7 Å². The lowest BCUT2D eigenvalue weighted by molar-refractivity contribution is -0.167. The number of nitrogens with zero attached hydrogens (tertiary/aromatic N) is 1. The predicted octanol–water partition coefficient (Wildman–Crippen LogP) is 7.83. The molecule has 1 aromatic carbocycles. The molecule has 1 N–H and O–H groups in total. The van der Waals surface area contributed by atoms with Crippen molar-refractivity contribution in [2.24, 2.45) is 0 Å². The summed E-state index contributed by atoms with van der Waals surface area (Å²) in [5.74, 6) is -0.858. The van der Waals surface area contributed by atoms with Gasteiger partial charge in [0.05, 0.1) is 0 Å². The third-order valence-corrected chi connectivity index (χ3v) is 6.41. The van der Waals surface area contributed by atoms with Crippen LogP contribution in [0.2, 0.25) is 0 Å². The summed E-state index contributed by atoms with van der Waals surface area (Å²) in [4.78, 5) is 14.3. The van der Waals surface area contributed by atoms with Crippen molar-refractivity contribution < 1.29 is 14.6 Å². The Balaban J connectivity index is 2.23. The van der Waals surface area contributed by atoms with E-state index >= 15 is 0 Å². The van der Waals surface area contributed by atoms with Crippen molar-refractivity contribution in [3.05, 3.63) is 60.2 Å². The molecule has 4 heteroatoms. The standard InChI is InChI=1S/C31H51NO3/c1-4-5-6-7-8-9-10-11-12-13-14-15-16-17-18-22-27-35-31(30(33)34,25-26-32(2)3)28-29-23-20-19-21-24-29/h8-9,11-12,19-21,23-24H,4-7,10,13-18,22,25-28H2,1-3H3,(H,33,34)/b9-8-,12-11-. The van der Waals surface area contributed by atoms with Crippen molar-refractivity contribution in [3.8, 4) is 0 Å². The van der Waals surface area contributed by atoms with Gasteiger partial charge >= 0.3 is 5.97 Å². The Bertz CT molecular complexity index is 698. The van der Waals surface area contributed by atoms with E-state index in [2.05, 4.69) is 31.2 Å². The number of unbranched alkanes of at least 4 members (excludes halogenated alkanes) is 9. The van der Waals surface area contributed by atoms with E-state index in [1.165, 1.54) is 57.8 Å². The molecule has 198 valence electrons. The normalized spacial score (nSPS) is 13.7. The lowest BCUT2D eigenvalue weighted by atomic mass is 9.90. The van der Waals surface area contributed by atoms with Crippen molar-refractivity contribution in [3.63, 3.8) is 0 Å². The molecule has 1 atom stereocenters. The smallest absolute Gasteiger partial charge is 0.336 e. The maximum Gasteiger partial charge on any atom is 0.336 e. The van der Waals surface area contributed by atoms with Crippen LogP contribution in [0.3, 0.4) is 0 Å². The second-order valence-electron chi connectivity index (χ2n) is 9.95. The van der Waals surface area contributed by atoms with Gasteiger partial charge in [0.1, 0.15) is 0 Å². The zero-order chi connectivity index (χ0) is 25.6. The molecule has 4 nitrogen and oxygen atoms in total. The molecule has 0 radical (unpaired) electrons. The summed E-state index contributed by atoms with van der Waals surface area (Å²) in [7, 11) is 3.94. The zero-order valence-corrected chi connectivity index (χ0v) is 22.7. The lowest BCUT2D eigenvalue weighted by Gasteiger charge is -2.31. The largest absolute Gasteiger partial charge is 0.479 e. The third kappa shape index (κ3) is 15.6. The summed E-state index contributed by atoms with van der Waals surface area (Å²) in [6, 6.07) is 9.83. The molecule has 0 aromatic heterocycles. The predicted molar refractivity (Wildman–Crippen MR) is 149 cm³/mol. The van der Waals surface area contributed by atoms with Crippen molar-refractivity contribution in [2.75, 3.05) is 27.2 Å². The zero-order valence-electron chi connectivity index (χ0n) is 22.7. The quantitative estimate of drug-likeness (QED) is 0.134. The average Bonchev–Trinajstić information content (AvgIpc) is 2.84. The first-order valence-corrected chi connectivity index (χ1v) is 13.9. The van der Waals surface area contributed by atoms with E-state index < -0.39 is 11.6 Å². The first-order valence-electron chi connectivity index (χ1n) is 13.9. The van der Waals surface area contributed by atoms with Gasteiger partial charge in [0, 0.05) is 26.0 Å². The Labute approximate surface area is 215 Å². The molecule has 0 saturated heterocycles. The molecule has 0 saturated carbocycles. The lowest BCUT2D eigenvalue weighted by Crippen LogP contribution is -2.46. The third-order valence-electron chi connectivity index (χ3n) is 6.41. The van der Waals surface area contributed by atoms with E-state index in [1.54, 1.807) is 0 Å². The Kier molecular flexibility index (Phi) is 18.0. The van der Waals surface area contributed by atoms with E-state index in [-0.39, 0.29) is 0 Å². The van der Waals surface area contributed by atoms with Crippen LogP contribution in [0.1, 0.15) is 96.0 Å². The molecule has 0 bridgehead atoms. The van der Waals surface area contributed by atoms with Crippen LogP contribution in [-0.2, 0) is 16.0 Å². The van der Waals surface area contributed by atoms with Crippen LogP contribution in [0.5, 0.6) is 0 Å². The Morgan fingerprint density at radius 2 is 1.49 bits per heavy atom. The van der Waals surface area contributed by atoms with Crippen molar-refractivity contribution >= 4 is 5.97 Å². The molecule has 0 aliphatic rings. The minimum atomic E-state index is -1.16. The van der Waals surface area contributed by atoms with Crippen molar-refractivity contribution in [1.82, 2.24) is 4.90 Å². The molecule has 0 amide bonds. The highest BCUT2D eigenvalue weighted by molar-refractivity contribution is 5.78. The molecule has 1 rings (SSSR count). The number of benzene rings is 1. The van der Waals surface area contributed by atoms with Gasteiger partial charge in [-0.3, -0.25) is 0 Å². The number of rotatable bonds is 22. The number of ether oxygens (including phenoxy) is 1. The molecule has 0 fully saturated rings. The van der Waals surface area contributed by atoms with Gasteiger partial charge in [0.25, 0.3) is 0 Å². The van der Waals surface area contributed by atoms with Crippen LogP contribution in [0.4, 0.5) is 0 Å². The highest BCUT2D eigenvalue weighted by Gasteiger charge is 2.39. The van der Waals surface area contributed by atoms with E-state index in [1.807, 2.05) is 49.3 Å². The number of carboxylic acids is 1. The monoisotopic (exact) mass is 485 g/mol. The second kappa shape index (κ2) is 20.3. The second-order valence-corrected chi connectivity index (χ2v) is 9.95.